The average molecular weight is 344 g/mol. The molecule has 25 heavy (non-hydrogen) atoms. The molecule has 1 saturated carbocycles. The Hall–Kier alpha value is -1.55. The van der Waals surface area contributed by atoms with Crippen molar-refractivity contribution in [3.8, 4) is 5.75 Å². The number of fused-ring (bicyclic) bond motifs is 4. The van der Waals surface area contributed by atoms with E-state index in [4.69, 9.17) is 10.5 Å². The van der Waals surface area contributed by atoms with Gasteiger partial charge in [0, 0.05) is 17.0 Å². The van der Waals surface area contributed by atoms with Crippen molar-refractivity contribution in [2.24, 2.45) is 11.7 Å². The number of carbonyl (C=O) groups is 1. The number of hydrogen-bond acceptors (Lipinski definition) is 3. The zero-order valence-electron chi connectivity index (χ0n) is 16.0. The quantitative estimate of drug-likeness (QED) is 0.798. The van der Waals surface area contributed by atoms with E-state index in [9.17, 15) is 4.79 Å². The largest absolute Gasteiger partial charge is 0.413 e. The summed E-state index contributed by atoms with van der Waals surface area (Å²) in [5, 5.41) is 2.84. The monoisotopic (exact) mass is 344 g/mol. The van der Waals surface area contributed by atoms with Gasteiger partial charge in [0.1, 0.15) is 5.75 Å². The van der Waals surface area contributed by atoms with Gasteiger partial charge in [-0.05, 0) is 69.2 Å². The van der Waals surface area contributed by atoms with Gasteiger partial charge in [0.15, 0.2) is 0 Å². The third-order valence-corrected chi connectivity index (χ3v) is 5.88. The number of hydrogen-bond donors (Lipinski definition) is 2. The van der Waals surface area contributed by atoms with Crippen molar-refractivity contribution in [1.82, 2.24) is 5.32 Å². The van der Waals surface area contributed by atoms with Crippen LogP contribution in [0, 0.1) is 5.92 Å². The molecule has 2 aliphatic carbocycles. The maximum absolute atomic E-state index is 12.1. The molecule has 0 aliphatic heterocycles. The summed E-state index contributed by atoms with van der Waals surface area (Å²) < 4.78 is 5.54. The second-order valence-corrected chi connectivity index (χ2v) is 9.09. The zero-order valence-corrected chi connectivity index (χ0v) is 16.0. The molecule has 2 bridgehead atoms. The second-order valence-electron chi connectivity index (χ2n) is 9.09. The summed E-state index contributed by atoms with van der Waals surface area (Å²) in [6, 6.07) is 6.28. The summed E-state index contributed by atoms with van der Waals surface area (Å²) in [6.07, 6.45) is 6.76. The normalized spacial score (nSPS) is 29.2. The summed E-state index contributed by atoms with van der Waals surface area (Å²) in [4.78, 5) is 12.1. The van der Waals surface area contributed by atoms with E-state index in [1.54, 1.807) is 0 Å². The molecule has 1 aromatic carbocycles. The molecule has 2 aliphatic rings. The van der Waals surface area contributed by atoms with Crippen molar-refractivity contribution in [3.05, 3.63) is 29.3 Å². The van der Waals surface area contributed by atoms with E-state index >= 15 is 0 Å². The van der Waals surface area contributed by atoms with Crippen LogP contribution in [0.3, 0.4) is 0 Å². The first-order chi connectivity index (χ1) is 11.7. The Morgan fingerprint density at radius 2 is 2.04 bits per heavy atom. The van der Waals surface area contributed by atoms with Gasteiger partial charge in [-0.3, -0.25) is 0 Å². The van der Waals surface area contributed by atoms with Gasteiger partial charge in [-0.25, -0.2) is 4.79 Å². The van der Waals surface area contributed by atoms with E-state index in [0.29, 0.717) is 11.7 Å². The molecule has 4 nitrogen and oxygen atoms in total. The van der Waals surface area contributed by atoms with E-state index in [1.165, 1.54) is 36.8 Å². The molecule has 3 atom stereocenters. The number of ether oxygens (including phenoxy) is 1. The van der Waals surface area contributed by atoms with E-state index in [1.807, 2.05) is 26.8 Å². The molecule has 0 saturated heterocycles. The molecule has 0 unspecified atom stereocenters. The molecule has 0 aromatic heterocycles. The van der Waals surface area contributed by atoms with Gasteiger partial charge < -0.3 is 15.8 Å². The number of carbonyl (C=O) groups excluding carboxylic acids is 1. The Morgan fingerprint density at radius 1 is 1.28 bits per heavy atom. The van der Waals surface area contributed by atoms with Crippen LogP contribution in [0.2, 0.25) is 0 Å². The minimum atomic E-state index is -0.409. The summed E-state index contributed by atoms with van der Waals surface area (Å²) in [6.45, 7) is 8.12. The predicted octanol–water partition coefficient (Wildman–Crippen LogP) is 4.29. The van der Waals surface area contributed by atoms with E-state index in [0.717, 1.165) is 12.8 Å². The molecular weight excluding hydrogens is 312 g/mol. The third kappa shape index (κ3) is 3.84. The first-order valence-electron chi connectivity index (χ1n) is 9.58. The second kappa shape index (κ2) is 6.64. The molecule has 3 rings (SSSR count). The summed E-state index contributed by atoms with van der Waals surface area (Å²) in [5.74, 6) is 1.17. The van der Waals surface area contributed by atoms with Crippen molar-refractivity contribution < 1.29 is 9.53 Å². The number of nitrogens with two attached hydrogens (primary N) is 1. The van der Waals surface area contributed by atoms with Crippen molar-refractivity contribution in [1.29, 1.82) is 0 Å². The van der Waals surface area contributed by atoms with Crippen LogP contribution in [0.15, 0.2) is 18.2 Å². The molecular formula is C21H32N2O2. The lowest BCUT2D eigenvalue weighted by molar-refractivity contribution is 0.188. The zero-order chi connectivity index (χ0) is 18.2. The fourth-order valence-corrected chi connectivity index (χ4v) is 4.54. The van der Waals surface area contributed by atoms with Gasteiger partial charge in [-0.1, -0.05) is 32.3 Å². The highest BCUT2D eigenvalue weighted by Crippen LogP contribution is 2.46. The SMILES string of the molecule is CC(C)(C)NC(=O)Oc1ccc2c(c1)[C@@]1(C)CCCCC[C@@H](C2)[C@@H]1N. The van der Waals surface area contributed by atoms with Gasteiger partial charge in [0.2, 0.25) is 0 Å². The molecule has 0 heterocycles. The predicted molar refractivity (Wildman–Crippen MR) is 101 cm³/mol. The van der Waals surface area contributed by atoms with Crippen LogP contribution in [0.4, 0.5) is 4.79 Å². The van der Waals surface area contributed by atoms with Crippen LogP contribution in [-0.4, -0.2) is 17.7 Å². The Labute approximate surface area is 151 Å². The summed E-state index contributed by atoms with van der Waals surface area (Å²) >= 11 is 0. The molecule has 1 aromatic rings. The minimum Gasteiger partial charge on any atom is -0.410 e. The highest BCUT2D eigenvalue weighted by Gasteiger charge is 2.43. The maximum Gasteiger partial charge on any atom is 0.413 e. The lowest BCUT2D eigenvalue weighted by Crippen LogP contribution is -2.52. The minimum absolute atomic E-state index is 0.0292. The number of nitrogens with one attached hydrogen (secondary N) is 1. The smallest absolute Gasteiger partial charge is 0.410 e. The number of benzene rings is 1. The van der Waals surface area contributed by atoms with Crippen LogP contribution in [0.1, 0.15) is 70.9 Å². The van der Waals surface area contributed by atoms with Crippen molar-refractivity contribution >= 4 is 6.09 Å². The topological polar surface area (TPSA) is 64.3 Å². The van der Waals surface area contributed by atoms with E-state index < -0.39 is 6.09 Å². The Bertz CT molecular complexity index is 650. The Morgan fingerprint density at radius 3 is 2.76 bits per heavy atom. The fourth-order valence-electron chi connectivity index (χ4n) is 4.54. The molecule has 1 fully saturated rings. The summed E-state index contributed by atoms with van der Waals surface area (Å²) in [7, 11) is 0. The van der Waals surface area contributed by atoms with Gasteiger partial charge in [0.25, 0.3) is 0 Å². The van der Waals surface area contributed by atoms with Crippen molar-refractivity contribution in [2.75, 3.05) is 0 Å². The molecule has 0 spiro atoms. The third-order valence-electron chi connectivity index (χ3n) is 5.88. The van der Waals surface area contributed by atoms with Gasteiger partial charge in [0.05, 0.1) is 0 Å². The number of amides is 1. The highest BCUT2D eigenvalue weighted by atomic mass is 16.6. The molecule has 138 valence electrons. The van der Waals surface area contributed by atoms with Crippen LogP contribution >= 0.6 is 0 Å². The van der Waals surface area contributed by atoms with Gasteiger partial charge in [-0.2, -0.15) is 0 Å². The number of rotatable bonds is 1. The first kappa shape index (κ1) is 18.2. The van der Waals surface area contributed by atoms with E-state index in [-0.39, 0.29) is 17.0 Å². The van der Waals surface area contributed by atoms with Crippen molar-refractivity contribution in [3.63, 3.8) is 0 Å². The maximum atomic E-state index is 12.1. The molecule has 3 N–H and O–H groups in total. The standard InChI is InChI=1S/C21H32N2O2/c1-20(2,3)23-19(24)25-16-10-9-14-12-15-8-6-5-7-11-21(4,18(15)22)17(14)13-16/h9-10,13,15,18H,5-8,11-12,22H2,1-4H3,(H,23,24)/t15-,18-,21+/m0/s1. The van der Waals surface area contributed by atoms with Crippen molar-refractivity contribution in [2.45, 2.75) is 83.2 Å². The van der Waals surface area contributed by atoms with Crippen LogP contribution in [0.25, 0.3) is 0 Å². The van der Waals surface area contributed by atoms with Crippen LogP contribution in [0.5, 0.6) is 5.75 Å². The first-order valence-corrected chi connectivity index (χ1v) is 9.58. The molecule has 1 amide bonds. The van der Waals surface area contributed by atoms with Crippen LogP contribution < -0.4 is 15.8 Å². The van der Waals surface area contributed by atoms with Gasteiger partial charge >= 0.3 is 6.09 Å². The van der Waals surface area contributed by atoms with E-state index in [2.05, 4.69) is 24.4 Å². The Kier molecular flexibility index (Phi) is 4.84. The summed E-state index contributed by atoms with van der Waals surface area (Å²) in [5.41, 5.74) is 9.03. The highest BCUT2D eigenvalue weighted by molar-refractivity contribution is 5.71. The lowest BCUT2D eigenvalue weighted by atomic mass is 9.60. The Balaban J connectivity index is 1.88. The lowest BCUT2D eigenvalue weighted by Gasteiger charge is -2.47. The fraction of sp³-hybridized carbons (Fsp3) is 0.667. The average Bonchev–Trinajstić information content (AvgIpc) is 2.50. The van der Waals surface area contributed by atoms with Gasteiger partial charge in [-0.15, -0.1) is 0 Å². The molecule has 0 radical (unpaired) electrons. The molecule has 4 heteroatoms. The van der Waals surface area contributed by atoms with Crippen LogP contribution in [-0.2, 0) is 11.8 Å².